The Morgan fingerprint density at radius 3 is 2.69 bits per heavy atom. The summed E-state index contributed by atoms with van der Waals surface area (Å²) < 4.78 is 0. The van der Waals surface area contributed by atoms with Crippen molar-refractivity contribution >= 4 is 22.6 Å². The second-order valence-corrected chi connectivity index (χ2v) is 3.10. The third-order valence-corrected chi connectivity index (χ3v) is 2.12. The van der Waals surface area contributed by atoms with Crippen LogP contribution in [0.25, 0.3) is 10.9 Å². The highest BCUT2D eigenvalue weighted by atomic mass is 16.6. The second kappa shape index (κ2) is 3.58. The van der Waals surface area contributed by atoms with E-state index in [1.54, 1.807) is 0 Å². The lowest BCUT2D eigenvalue weighted by Crippen LogP contribution is -2.00. The molecule has 0 radical (unpaired) electrons. The Labute approximate surface area is 89.3 Å². The quantitative estimate of drug-likeness (QED) is 0.613. The number of non-ortho nitro benzene ring substituents is 1. The number of pyridine rings is 1. The Balaban J connectivity index is 2.73. The Morgan fingerprint density at radius 2 is 2.06 bits per heavy atom. The molecular formula is C10H6N2O4. The van der Waals surface area contributed by atoms with Crippen molar-refractivity contribution in [3.05, 3.63) is 46.1 Å². The lowest BCUT2D eigenvalue weighted by Gasteiger charge is -1.99. The van der Waals surface area contributed by atoms with Crippen molar-refractivity contribution < 1.29 is 14.8 Å². The van der Waals surface area contributed by atoms with E-state index in [2.05, 4.69) is 4.98 Å². The van der Waals surface area contributed by atoms with Gasteiger partial charge in [0.25, 0.3) is 5.69 Å². The van der Waals surface area contributed by atoms with Crippen LogP contribution in [0.3, 0.4) is 0 Å². The van der Waals surface area contributed by atoms with Gasteiger partial charge in [0, 0.05) is 6.07 Å². The highest BCUT2D eigenvalue weighted by Gasteiger charge is 2.13. The summed E-state index contributed by atoms with van der Waals surface area (Å²) in [6.07, 6.45) is 0. The van der Waals surface area contributed by atoms with Gasteiger partial charge >= 0.3 is 5.97 Å². The number of nitro groups is 1. The van der Waals surface area contributed by atoms with E-state index in [1.807, 2.05) is 0 Å². The average molecular weight is 218 g/mol. The van der Waals surface area contributed by atoms with Gasteiger partial charge in [-0.3, -0.25) is 10.1 Å². The number of benzene rings is 1. The monoisotopic (exact) mass is 218 g/mol. The van der Waals surface area contributed by atoms with Gasteiger partial charge in [0.05, 0.1) is 15.8 Å². The molecule has 0 unspecified atom stereocenters. The van der Waals surface area contributed by atoms with Crippen molar-refractivity contribution in [2.75, 3.05) is 0 Å². The Hall–Kier alpha value is -2.50. The Bertz CT molecular complexity index is 594. The minimum absolute atomic E-state index is 0.0815. The zero-order valence-corrected chi connectivity index (χ0v) is 7.95. The zero-order chi connectivity index (χ0) is 11.7. The topological polar surface area (TPSA) is 93.3 Å². The molecule has 2 rings (SSSR count). The number of nitro benzene ring substituents is 1. The largest absolute Gasteiger partial charge is 0.477 e. The fraction of sp³-hybridized carbons (Fsp3) is 0. The lowest BCUT2D eigenvalue weighted by atomic mass is 10.1. The fourth-order valence-electron chi connectivity index (χ4n) is 1.42. The summed E-state index contributed by atoms with van der Waals surface area (Å²) in [6, 6.07) is 7.00. The number of carbonyl (C=O) groups is 1. The molecule has 0 aliphatic carbocycles. The molecular weight excluding hydrogens is 212 g/mol. The van der Waals surface area contributed by atoms with E-state index in [-0.39, 0.29) is 11.4 Å². The average Bonchev–Trinajstić information content (AvgIpc) is 2.27. The summed E-state index contributed by atoms with van der Waals surface area (Å²) >= 11 is 0. The van der Waals surface area contributed by atoms with Gasteiger partial charge in [-0.05, 0) is 18.2 Å². The van der Waals surface area contributed by atoms with Crippen molar-refractivity contribution in [3.63, 3.8) is 0 Å². The van der Waals surface area contributed by atoms with E-state index in [0.29, 0.717) is 10.9 Å². The number of carboxylic acids is 1. The van der Waals surface area contributed by atoms with Gasteiger partial charge in [-0.25, -0.2) is 9.78 Å². The smallest absolute Gasteiger partial charge is 0.354 e. The number of rotatable bonds is 2. The van der Waals surface area contributed by atoms with Gasteiger partial charge in [0.1, 0.15) is 5.69 Å². The van der Waals surface area contributed by atoms with E-state index >= 15 is 0 Å². The number of aromatic carboxylic acids is 1. The molecule has 2 aromatic rings. The summed E-state index contributed by atoms with van der Waals surface area (Å²) in [5.41, 5.74) is 0.0871. The molecule has 1 aromatic carbocycles. The van der Waals surface area contributed by atoms with Crippen molar-refractivity contribution in [2.24, 2.45) is 0 Å². The second-order valence-electron chi connectivity index (χ2n) is 3.10. The fourth-order valence-corrected chi connectivity index (χ4v) is 1.42. The Kier molecular flexibility index (Phi) is 2.24. The van der Waals surface area contributed by atoms with Crippen LogP contribution < -0.4 is 0 Å². The van der Waals surface area contributed by atoms with Gasteiger partial charge in [0.2, 0.25) is 0 Å². The molecule has 0 atom stereocenters. The highest BCUT2D eigenvalue weighted by molar-refractivity contribution is 5.93. The van der Waals surface area contributed by atoms with Crippen LogP contribution in [-0.2, 0) is 0 Å². The van der Waals surface area contributed by atoms with Crippen LogP contribution in [0.15, 0.2) is 30.3 Å². The van der Waals surface area contributed by atoms with Crippen LogP contribution in [0.4, 0.5) is 5.69 Å². The first-order valence-electron chi connectivity index (χ1n) is 4.37. The van der Waals surface area contributed by atoms with E-state index in [1.165, 1.54) is 30.3 Å². The van der Waals surface area contributed by atoms with Gasteiger partial charge in [0.15, 0.2) is 0 Å². The minimum atomic E-state index is -1.16. The normalized spacial score (nSPS) is 10.2. The summed E-state index contributed by atoms with van der Waals surface area (Å²) in [5, 5.41) is 19.8. The SMILES string of the molecule is O=C(O)c1ccc2c([N+](=O)[O-])cccc2n1. The minimum Gasteiger partial charge on any atom is -0.477 e. The molecule has 0 saturated carbocycles. The van der Waals surface area contributed by atoms with E-state index in [0.717, 1.165) is 0 Å². The predicted molar refractivity (Wildman–Crippen MR) is 55.4 cm³/mol. The van der Waals surface area contributed by atoms with E-state index in [9.17, 15) is 14.9 Å². The molecule has 0 aliphatic heterocycles. The standard InChI is InChI=1S/C10H6N2O4/c13-10(14)8-5-4-6-7(11-8)2-1-3-9(6)12(15)16/h1-5H,(H,13,14). The van der Waals surface area contributed by atoms with Crippen molar-refractivity contribution in [3.8, 4) is 0 Å². The number of fused-ring (bicyclic) bond motifs is 1. The summed E-state index contributed by atoms with van der Waals surface area (Å²) in [5.74, 6) is -1.16. The molecule has 0 fully saturated rings. The van der Waals surface area contributed by atoms with Gasteiger partial charge in [-0.2, -0.15) is 0 Å². The summed E-state index contributed by atoms with van der Waals surface area (Å²) in [6.45, 7) is 0. The maximum Gasteiger partial charge on any atom is 0.354 e. The molecule has 0 spiro atoms. The van der Waals surface area contributed by atoms with Gasteiger partial charge in [-0.1, -0.05) is 6.07 Å². The van der Waals surface area contributed by atoms with Crippen LogP contribution in [0, 0.1) is 10.1 Å². The van der Waals surface area contributed by atoms with Crippen LogP contribution in [-0.4, -0.2) is 21.0 Å². The maximum absolute atomic E-state index is 10.7. The number of nitrogens with zero attached hydrogens (tertiary/aromatic N) is 2. The van der Waals surface area contributed by atoms with E-state index < -0.39 is 10.9 Å². The lowest BCUT2D eigenvalue weighted by molar-refractivity contribution is -0.383. The first-order chi connectivity index (χ1) is 7.59. The molecule has 0 bridgehead atoms. The van der Waals surface area contributed by atoms with Crippen LogP contribution >= 0.6 is 0 Å². The number of hydrogen-bond acceptors (Lipinski definition) is 4. The molecule has 1 heterocycles. The van der Waals surface area contributed by atoms with Gasteiger partial charge in [-0.15, -0.1) is 0 Å². The molecule has 1 N–H and O–H groups in total. The third-order valence-electron chi connectivity index (χ3n) is 2.12. The van der Waals surface area contributed by atoms with Crippen LogP contribution in [0.1, 0.15) is 10.5 Å². The summed E-state index contributed by atoms with van der Waals surface area (Å²) in [7, 11) is 0. The third kappa shape index (κ3) is 1.56. The highest BCUT2D eigenvalue weighted by Crippen LogP contribution is 2.23. The zero-order valence-electron chi connectivity index (χ0n) is 7.95. The van der Waals surface area contributed by atoms with Crippen LogP contribution in [0.2, 0.25) is 0 Å². The van der Waals surface area contributed by atoms with Crippen LogP contribution in [0.5, 0.6) is 0 Å². The van der Waals surface area contributed by atoms with Gasteiger partial charge < -0.3 is 5.11 Å². The van der Waals surface area contributed by atoms with Crippen molar-refractivity contribution in [1.29, 1.82) is 0 Å². The Morgan fingerprint density at radius 1 is 1.31 bits per heavy atom. The first-order valence-corrected chi connectivity index (χ1v) is 4.37. The molecule has 0 aliphatic rings. The molecule has 6 heteroatoms. The van der Waals surface area contributed by atoms with Crippen molar-refractivity contribution in [2.45, 2.75) is 0 Å². The number of hydrogen-bond donors (Lipinski definition) is 1. The summed E-state index contributed by atoms with van der Waals surface area (Å²) in [4.78, 5) is 24.7. The molecule has 16 heavy (non-hydrogen) atoms. The molecule has 1 aromatic heterocycles. The number of carboxylic acid groups (broad SMARTS) is 1. The van der Waals surface area contributed by atoms with E-state index in [4.69, 9.17) is 5.11 Å². The molecule has 0 amide bonds. The maximum atomic E-state index is 10.7. The number of aromatic nitrogens is 1. The van der Waals surface area contributed by atoms with Crippen molar-refractivity contribution in [1.82, 2.24) is 4.98 Å². The molecule has 0 saturated heterocycles. The first kappa shape index (κ1) is 10.0. The molecule has 80 valence electrons. The molecule has 6 nitrogen and oxygen atoms in total. The predicted octanol–water partition coefficient (Wildman–Crippen LogP) is 1.84.